The van der Waals surface area contributed by atoms with Gasteiger partial charge in [-0.1, -0.05) is 24.3 Å². The van der Waals surface area contributed by atoms with Crippen LogP contribution in [0.1, 0.15) is 5.56 Å². The largest absolute Gasteiger partial charge is 0.417 e. The Morgan fingerprint density at radius 2 is 1.57 bits per heavy atom. The van der Waals surface area contributed by atoms with E-state index in [-0.39, 0.29) is 5.56 Å². The number of hydrogen-bond acceptors (Lipinski definition) is 2. The first kappa shape index (κ1) is 15.8. The van der Waals surface area contributed by atoms with Crippen LogP contribution >= 0.6 is 10.7 Å². The maximum Gasteiger partial charge on any atom is 0.417 e. The molecule has 2 nitrogen and oxygen atoms in total. The standard InChI is InChI=1S/C13H7ClF4O2S/c14-21(19,20)8-5-6-9(11(7-8)13(16,17)18)10-3-1-2-4-12(10)15/h1-7H. The van der Waals surface area contributed by atoms with E-state index < -0.39 is 37.1 Å². The van der Waals surface area contributed by atoms with Gasteiger partial charge < -0.3 is 0 Å². The molecule has 0 amide bonds. The van der Waals surface area contributed by atoms with Gasteiger partial charge in [-0.2, -0.15) is 13.2 Å². The molecular weight excluding hydrogens is 332 g/mol. The molecule has 0 heterocycles. The van der Waals surface area contributed by atoms with Crippen molar-refractivity contribution < 1.29 is 26.0 Å². The quantitative estimate of drug-likeness (QED) is 0.599. The SMILES string of the molecule is O=S(=O)(Cl)c1ccc(-c2ccccc2F)c(C(F)(F)F)c1. The highest BCUT2D eigenvalue weighted by Crippen LogP contribution is 2.39. The van der Waals surface area contributed by atoms with Gasteiger partial charge in [-0.05, 0) is 23.8 Å². The van der Waals surface area contributed by atoms with Crippen molar-refractivity contribution in [3.05, 3.63) is 53.8 Å². The van der Waals surface area contributed by atoms with Crippen molar-refractivity contribution in [2.45, 2.75) is 11.1 Å². The molecule has 0 atom stereocenters. The first-order chi connectivity index (χ1) is 9.60. The van der Waals surface area contributed by atoms with Crippen molar-refractivity contribution in [3.63, 3.8) is 0 Å². The third-order valence-corrected chi connectivity index (χ3v) is 4.09. The van der Waals surface area contributed by atoms with E-state index in [1.165, 1.54) is 18.2 Å². The lowest BCUT2D eigenvalue weighted by atomic mass is 9.99. The first-order valence-electron chi connectivity index (χ1n) is 5.51. The lowest BCUT2D eigenvalue weighted by molar-refractivity contribution is -0.137. The zero-order valence-electron chi connectivity index (χ0n) is 10.2. The molecule has 0 aliphatic heterocycles. The van der Waals surface area contributed by atoms with Gasteiger partial charge in [0.1, 0.15) is 5.82 Å². The van der Waals surface area contributed by atoms with E-state index in [0.29, 0.717) is 6.07 Å². The van der Waals surface area contributed by atoms with Crippen LogP contribution in [-0.4, -0.2) is 8.42 Å². The Balaban J connectivity index is 2.76. The zero-order chi connectivity index (χ0) is 15.8. The third-order valence-electron chi connectivity index (χ3n) is 2.74. The Labute approximate surface area is 122 Å². The minimum atomic E-state index is -4.85. The normalized spacial score (nSPS) is 12.4. The fourth-order valence-electron chi connectivity index (χ4n) is 1.82. The molecule has 0 fully saturated rings. The molecule has 8 heteroatoms. The molecule has 2 aromatic carbocycles. The van der Waals surface area contributed by atoms with Gasteiger partial charge in [-0.25, -0.2) is 12.8 Å². The topological polar surface area (TPSA) is 34.1 Å². The highest BCUT2D eigenvalue weighted by Gasteiger charge is 2.35. The Morgan fingerprint density at radius 1 is 0.952 bits per heavy atom. The van der Waals surface area contributed by atoms with Gasteiger partial charge in [0.05, 0.1) is 10.5 Å². The van der Waals surface area contributed by atoms with Gasteiger partial charge in [-0.15, -0.1) is 0 Å². The zero-order valence-corrected chi connectivity index (χ0v) is 11.7. The number of hydrogen-bond donors (Lipinski definition) is 0. The molecular formula is C13H7ClF4O2S. The summed E-state index contributed by atoms with van der Waals surface area (Å²) in [6, 6.07) is 7.09. The highest BCUT2D eigenvalue weighted by atomic mass is 35.7. The monoisotopic (exact) mass is 338 g/mol. The highest BCUT2D eigenvalue weighted by molar-refractivity contribution is 8.13. The minimum Gasteiger partial charge on any atom is -0.207 e. The molecule has 0 unspecified atom stereocenters. The molecule has 112 valence electrons. The smallest absolute Gasteiger partial charge is 0.207 e. The van der Waals surface area contributed by atoms with E-state index in [1.807, 2.05) is 0 Å². The van der Waals surface area contributed by atoms with Crippen molar-refractivity contribution in [1.29, 1.82) is 0 Å². The molecule has 21 heavy (non-hydrogen) atoms. The first-order valence-corrected chi connectivity index (χ1v) is 7.82. The molecule has 0 saturated carbocycles. The molecule has 0 aliphatic rings. The lowest BCUT2D eigenvalue weighted by Crippen LogP contribution is -2.09. The summed E-state index contributed by atoms with van der Waals surface area (Å²) in [5.74, 6) is -0.843. The third kappa shape index (κ3) is 3.36. The number of alkyl halides is 3. The average Bonchev–Trinajstić information content (AvgIpc) is 2.36. The second-order valence-corrected chi connectivity index (χ2v) is 6.69. The fraction of sp³-hybridized carbons (Fsp3) is 0.0769. The van der Waals surface area contributed by atoms with E-state index in [1.54, 1.807) is 0 Å². The van der Waals surface area contributed by atoms with Gasteiger partial charge in [-0.3, -0.25) is 0 Å². The van der Waals surface area contributed by atoms with E-state index in [4.69, 9.17) is 10.7 Å². The van der Waals surface area contributed by atoms with Crippen molar-refractivity contribution >= 4 is 19.7 Å². The summed E-state index contributed by atoms with van der Waals surface area (Å²) >= 11 is 0. The van der Waals surface area contributed by atoms with E-state index in [2.05, 4.69) is 0 Å². The van der Waals surface area contributed by atoms with Crippen molar-refractivity contribution in [2.75, 3.05) is 0 Å². The number of halogens is 5. The number of rotatable bonds is 2. The Bertz CT molecular complexity index is 785. The summed E-state index contributed by atoms with van der Waals surface area (Å²) in [4.78, 5) is -0.698. The van der Waals surface area contributed by atoms with Gasteiger partial charge in [0.25, 0.3) is 9.05 Å². The Morgan fingerprint density at radius 3 is 2.10 bits per heavy atom. The summed E-state index contributed by atoms with van der Waals surface area (Å²) in [5, 5.41) is 0. The van der Waals surface area contributed by atoms with Crippen LogP contribution in [0.2, 0.25) is 0 Å². The summed E-state index contributed by atoms with van der Waals surface area (Å²) < 4.78 is 75.2. The average molecular weight is 339 g/mol. The predicted molar refractivity (Wildman–Crippen MR) is 69.9 cm³/mol. The van der Waals surface area contributed by atoms with Crippen molar-refractivity contribution in [2.24, 2.45) is 0 Å². The van der Waals surface area contributed by atoms with Crippen LogP contribution in [0.4, 0.5) is 17.6 Å². The maximum atomic E-state index is 13.7. The lowest BCUT2D eigenvalue weighted by Gasteiger charge is -2.14. The van der Waals surface area contributed by atoms with Crippen LogP contribution in [0.3, 0.4) is 0 Å². The molecule has 0 aliphatic carbocycles. The second-order valence-electron chi connectivity index (χ2n) is 4.12. The molecule has 0 bridgehead atoms. The fourth-order valence-corrected chi connectivity index (χ4v) is 2.60. The summed E-state index contributed by atoms with van der Waals surface area (Å²) in [7, 11) is 0.725. The Kier molecular flexibility index (Phi) is 3.99. The van der Waals surface area contributed by atoms with Gasteiger partial charge in [0, 0.05) is 16.2 Å². The summed E-state index contributed by atoms with van der Waals surface area (Å²) in [6.07, 6.45) is -4.85. The molecule has 0 N–H and O–H groups in total. The molecule has 0 spiro atoms. The van der Waals surface area contributed by atoms with Crippen molar-refractivity contribution in [1.82, 2.24) is 0 Å². The number of benzene rings is 2. The van der Waals surface area contributed by atoms with Gasteiger partial charge in [0.15, 0.2) is 0 Å². The van der Waals surface area contributed by atoms with Crippen LogP contribution in [-0.2, 0) is 15.2 Å². The summed E-state index contributed by atoms with van der Waals surface area (Å²) in [5.41, 5.74) is -2.00. The second kappa shape index (κ2) is 5.31. The molecule has 0 saturated heterocycles. The Hall–Kier alpha value is -1.60. The van der Waals surface area contributed by atoms with Crippen LogP contribution in [0, 0.1) is 5.82 Å². The minimum absolute atomic E-state index is 0.275. The summed E-state index contributed by atoms with van der Waals surface area (Å²) in [6.45, 7) is 0. The molecule has 0 aromatic heterocycles. The van der Waals surface area contributed by atoms with E-state index in [0.717, 1.165) is 18.2 Å². The van der Waals surface area contributed by atoms with Gasteiger partial charge in [0.2, 0.25) is 0 Å². The molecule has 0 radical (unpaired) electrons. The molecule has 2 aromatic rings. The van der Waals surface area contributed by atoms with E-state index in [9.17, 15) is 26.0 Å². The van der Waals surface area contributed by atoms with E-state index >= 15 is 0 Å². The van der Waals surface area contributed by atoms with Crippen LogP contribution in [0.15, 0.2) is 47.4 Å². The molecule has 2 rings (SSSR count). The van der Waals surface area contributed by atoms with Crippen LogP contribution < -0.4 is 0 Å². The van der Waals surface area contributed by atoms with Crippen molar-refractivity contribution in [3.8, 4) is 11.1 Å². The maximum absolute atomic E-state index is 13.7. The van der Waals surface area contributed by atoms with Crippen LogP contribution in [0.25, 0.3) is 11.1 Å². The van der Waals surface area contributed by atoms with Gasteiger partial charge >= 0.3 is 6.18 Å². The predicted octanol–water partition coefficient (Wildman–Crippen LogP) is 4.44. The van der Waals surface area contributed by atoms with Crippen LogP contribution in [0.5, 0.6) is 0 Å².